The summed E-state index contributed by atoms with van der Waals surface area (Å²) in [6.07, 6.45) is 0.351. The molecule has 0 radical (unpaired) electrons. The van der Waals surface area contributed by atoms with Gasteiger partial charge in [0.05, 0.1) is 13.5 Å². The summed E-state index contributed by atoms with van der Waals surface area (Å²) in [5, 5.41) is 9.60. The van der Waals surface area contributed by atoms with Gasteiger partial charge in [-0.1, -0.05) is 12.1 Å². The van der Waals surface area contributed by atoms with Crippen molar-refractivity contribution in [3.63, 3.8) is 0 Å². The fraction of sp³-hybridized carbons (Fsp3) is 0.308. The summed E-state index contributed by atoms with van der Waals surface area (Å²) in [5.41, 5.74) is 1.56. The first kappa shape index (κ1) is 12.3. The minimum Gasteiger partial charge on any atom is -0.494 e. The van der Waals surface area contributed by atoms with Gasteiger partial charge in [0.25, 0.3) is 0 Å². The lowest BCUT2D eigenvalue weighted by Crippen LogP contribution is -2.04. The van der Waals surface area contributed by atoms with Gasteiger partial charge in [0.15, 0.2) is 0 Å². The van der Waals surface area contributed by atoms with Crippen molar-refractivity contribution in [3.05, 3.63) is 29.7 Å². The number of nitrogens with zero attached hydrogens (tertiary/aromatic N) is 2. The molecule has 1 N–H and O–H groups in total. The first-order valence-corrected chi connectivity index (χ1v) is 5.64. The van der Waals surface area contributed by atoms with E-state index in [4.69, 9.17) is 9.84 Å². The number of carboxylic acid groups (broad SMARTS) is 1. The van der Waals surface area contributed by atoms with E-state index in [2.05, 4.69) is 9.97 Å². The molecule has 94 valence electrons. The molecule has 2 aromatic rings. The molecule has 18 heavy (non-hydrogen) atoms. The highest BCUT2D eigenvalue weighted by Crippen LogP contribution is 2.25. The highest BCUT2D eigenvalue weighted by atomic mass is 16.5. The number of aromatic nitrogens is 2. The molecule has 5 nitrogen and oxygen atoms in total. The molecular formula is C13H14N2O3. The van der Waals surface area contributed by atoms with Crippen LogP contribution in [0.25, 0.3) is 10.9 Å². The summed E-state index contributed by atoms with van der Waals surface area (Å²) < 4.78 is 5.26. The Morgan fingerprint density at radius 2 is 2.17 bits per heavy atom. The smallest absolute Gasteiger partial charge is 0.303 e. The third-order valence-electron chi connectivity index (χ3n) is 2.71. The van der Waals surface area contributed by atoms with Crippen LogP contribution in [0.1, 0.15) is 17.9 Å². The molecule has 0 fully saturated rings. The number of benzene rings is 1. The van der Waals surface area contributed by atoms with E-state index in [-0.39, 0.29) is 6.42 Å². The number of rotatable bonds is 4. The van der Waals surface area contributed by atoms with Crippen LogP contribution in [0.2, 0.25) is 0 Å². The molecule has 0 amide bonds. The summed E-state index contributed by atoms with van der Waals surface area (Å²) >= 11 is 0. The Kier molecular flexibility index (Phi) is 3.41. The zero-order valence-electron chi connectivity index (χ0n) is 10.3. The largest absolute Gasteiger partial charge is 0.494 e. The number of para-hydroxylation sites is 1. The fourth-order valence-corrected chi connectivity index (χ4v) is 1.83. The van der Waals surface area contributed by atoms with Crippen LogP contribution in [0, 0.1) is 6.92 Å². The number of hydrogen-bond acceptors (Lipinski definition) is 4. The second-order valence-corrected chi connectivity index (χ2v) is 3.98. The Morgan fingerprint density at radius 1 is 1.39 bits per heavy atom. The Morgan fingerprint density at radius 3 is 2.83 bits per heavy atom. The van der Waals surface area contributed by atoms with E-state index in [0.717, 1.165) is 16.6 Å². The predicted molar refractivity (Wildman–Crippen MR) is 66.8 cm³/mol. The molecule has 0 saturated heterocycles. The lowest BCUT2D eigenvalue weighted by atomic mass is 10.1. The summed E-state index contributed by atoms with van der Waals surface area (Å²) in [4.78, 5) is 19.3. The van der Waals surface area contributed by atoms with E-state index in [0.29, 0.717) is 18.0 Å². The van der Waals surface area contributed by atoms with Crippen molar-refractivity contribution in [2.24, 2.45) is 0 Å². The standard InChI is InChI=1S/C13H14N2O3/c1-8-9-4-3-5-10(18-2)13(9)15-11(14-8)6-7-12(16)17/h3-5H,6-7H2,1-2H3,(H,16,17). The average molecular weight is 246 g/mol. The van der Waals surface area contributed by atoms with E-state index < -0.39 is 5.97 Å². The maximum absolute atomic E-state index is 10.6. The maximum Gasteiger partial charge on any atom is 0.303 e. The molecular weight excluding hydrogens is 232 g/mol. The van der Waals surface area contributed by atoms with Crippen LogP contribution in [0.3, 0.4) is 0 Å². The number of hydrogen-bond donors (Lipinski definition) is 1. The average Bonchev–Trinajstić information content (AvgIpc) is 2.36. The number of ether oxygens (including phenoxy) is 1. The first-order chi connectivity index (χ1) is 8.61. The molecule has 0 saturated carbocycles. The number of carbonyl (C=O) groups is 1. The van der Waals surface area contributed by atoms with E-state index in [1.54, 1.807) is 7.11 Å². The van der Waals surface area contributed by atoms with Crippen molar-refractivity contribution in [1.29, 1.82) is 0 Å². The molecule has 1 aromatic heterocycles. The van der Waals surface area contributed by atoms with Crippen molar-refractivity contribution in [3.8, 4) is 5.75 Å². The van der Waals surface area contributed by atoms with Crippen LogP contribution in [0.15, 0.2) is 18.2 Å². The van der Waals surface area contributed by atoms with E-state index >= 15 is 0 Å². The second kappa shape index (κ2) is 5.00. The van der Waals surface area contributed by atoms with Gasteiger partial charge in [0.1, 0.15) is 17.1 Å². The Labute approximate surface area is 104 Å². The number of fused-ring (bicyclic) bond motifs is 1. The number of methoxy groups -OCH3 is 1. The van der Waals surface area contributed by atoms with Crippen LogP contribution in [-0.4, -0.2) is 28.2 Å². The van der Waals surface area contributed by atoms with Gasteiger partial charge >= 0.3 is 5.97 Å². The topological polar surface area (TPSA) is 72.3 Å². The van der Waals surface area contributed by atoms with Crippen molar-refractivity contribution in [2.45, 2.75) is 19.8 Å². The van der Waals surface area contributed by atoms with Gasteiger partial charge in [-0.15, -0.1) is 0 Å². The van der Waals surface area contributed by atoms with Gasteiger partial charge in [0, 0.05) is 17.5 Å². The number of carboxylic acids is 1. The minimum absolute atomic E-state index is 0.0279. The highest BCUT2D eigenvalue weighted by Gasteiger charge is 2.09. The number of aliphatic carboxylic acids is 1. The van der Waals surface area contributed by atoms with E-state index in [1.165, 1.54) is 0 Å². The van der Waals surface area contributed by atoms with Crippen molar-refractivity contribution in [1.82, 2.24) is 9.97 Å². The molecule has 0 aliphatic heterocycles. The van der Waals surface area contributed by atoms with Gasteiger partial charge in [-0.3, -0.25) is 4.79 Å². The van der Waals surface area contributed by atoms with Gasteiger partial charge in [-0.05, 0) is 13.0 Å². The third-order valence-corrected chi connectivity index (χ3v) is 2.71. The minimum atomic E-state index is -0.851. The summed E-state index contributed by atoms with van der Waals surface area (Å²) in [6.45, 7) is 1.88. The molecule has 0 spiro atoms. The molecule has 5 heteroatoms. The molecule has 0 unspecified atom stereocenters. The lowest BCUT2D eigenvalue weighted by Gasteiger charge is -2.08. The van der Waals surface area contributed by atoms with Gasteiger partial charge < -0.3 is 9.84 Å². The summed E-state index contributed by atoms with van der Waals surface area (Å²) in [6, 6.07) is 5.64. The highest BCUT2D eigenvalue weighted by molar-refractivity contribution is 5.86. The van der Waals surface area contributed by atoms with Crippen LogP contribution in [0.5, 0.6) is 5.75 Å². The SMILES string of the molecule is COc1cccc2c(C)nc(CCC(=O)O)nc12. The number of aryl methyl sites for hydroxylation is 2. The zero-order valence-corrected chi connectivity index (χ0v) is 10.3. The van der Waals surface area contributed by atoms with E-state index in [1.807, 2.05) is 25.1 Å². The molecule has 0 atom stereocenters. The molecule has 2 rings (SSSR count). The second-order valence-electron chi connectivity index (χ2n) is 3.98. The van der Waals surface area contributed by atoms with E-state index in [9.17, 15) is 4.79 Å². The van der Waals surface area contributed by atoms with Crippen LogP contribution in [0.4, 0.5) is 0 Å². The molecule has 0 bridgehead atoms. The third kappa shape index (κ3) is 2.40. The summed E-state index contributed by atoms with van der Waals surface area (Å²) in [7, 11) is 1.59. The summed E-state index contributed by atoms with van der Waals surface area (Å²) in [5.74, 6) is 0.359. The maximum atomic E-state index is 10.6. The van der Waals surface area contributed by atoms with Crippen LogP contribution >= 0.6 is 0 Å². The normalized spacial score (nSPS) is 10.6. The molecule has 0 aliphatic carbocycles. The molecule has 1 heterocycles. The Bertz CT molecular complexity index is 596. The monoisotopic (exact) mass is 246 g/mol. The lowest BCUT2D eigenvalue weighted by molar-refractivity contribution is -0.137. The van der Waals surface area contributed by atoms with Gasteiger partial charge in [-0.2, -0.15) is 0 Å². The zero-order chi connectivity index (χ0) is 13.1. The molecule has 0 aliphatic rings. The van der Waals surface area contributed by atoms with Crippen molar-refractivity contribution in [2.75, 3.05) is 7.11 Å². The fourth-order valence-electron chi connectivity index (χ4n) is 1.83. The Hall–Kier alpha value is -2.17. The van der Waals surface area contributed by atoms with Crippen LogP contribution in [-0.2, 0) is 11.2 Å². The van der Waals surface area contributed by atoms with Gasteiger partial charge in [-0.25, -0.2) is 9.97 Å². The van der Waals surface area contributed by atoms with Crippen molar-refractivity contribution < 1.29 is 14.6 Å². The predicted octanol–water partition coefficient (Wildman–Crippen LogP) is 1.96. The first-order valence-electron chi connectivity index (χ1n) is 5.64. The quantitative estimate of drug-likeness (QED) is 0.892. The van der Waals surface area contributed by atoms with Crippen LogP contribution < -0.4 is 4.74 Å². The van der Waals surface area contributed by atoms with Crippen molar-refractivity contribution >= 4 is 16.9 Å². The Balaban J connectivity index is 2.49. The molecule has 1 aromatic carbocycles. The van der Waals surface area contributed by atoms with Gasteiger partial charge in [0.2, 0.25) is 0 Å².